The minimum atomic E-state index is -0.788. The van der Waals surface area contributed by atoms with E-state index in [-0.39, 0.29) is 49.9 Å². The number of carbonyl (C=O) groups is 3. The van der Waals surface area contributed by atoms with Gasteiger partial charge in [0.1, 0.15) is 23.7 Å². The van der Waals surface area contributed by atoms with Crippen molar-refractivity contribution in [2.24, 2.45) is 5.92 Å². The number of nitrogens with zero attached hydrogens (tertiary/aromatic N) is 3. The summed E-state index contributed by atoms with van der Waals surface area (Å²) in [6, 6.07) is 17.9. The van der Waals surface area contributed by atoms with Crippen LogP contribution in [0.5, 0.6) is 5.75 Å². The molecule has 44 heavy (non-hydrogen) atoms. The Kier molecular flexibility index (Phi) is 12.6. The summed E-state index contributed by atoms with van der Waals surface area (Å²) in [6.07, 6.45) is 1.04. The van der Waals surface area contributed by atoms with E-state index in [9.17, 15) is 28.3 Å². The molecule has 0 aliphatic rings. The number of benzene rings is 3. The van der Waals surface area contributed by atoms with E-state index in [1.54, 1.807) is 37.9 Å². The van der Waals surface area contributed by atoms with Crippen LogP contribution >= 0.6 is 0 Å². The van der Waals surface area contributed by atoms with Crippen LogP contribution < -0.4 is 5.32 Å². The van der Waals surface area contributed by atoms with Crippen LogP contribution in [0.2, 0.25) is 0 Å². The summed E-state index contributed by atoms with van der Waals surface area (Å²) in [5.41, 5.74) is 2.53. The van der Waals surface area contributed by atoms with Gasteiger partial charge in [-0.05, 0) is 49.6 Å². The summed E-state index contributed by atoms with van der Waals surface area (Å²) < 4.78 is 28.5. The molecule has 3 aromatic rings. The number of hydrogen-bond donors (Lipinski definition) is 2. The second kappa shape index (κ2) is 16.3. The molecule has 0 spiro atoms. The van der Waals surface area contributed by atoms with Crippen molar-refractivity contribution in [3.63, 3.8) is 0 Å². The van der Waals surface area contributed by atoms with E-state index < -0.39 is 29.6 Å². The fraction of sp³-hybridized carbons (Fsp3) is 0.324. The number of carbonyl (C=O) groups excluding carboxylic acids is 3. The number of halogens is 2. The molecular formula is C34H40F2N4O4. The van der Waals surface area contributed by atoms with Gasteiger partial charge in [0.2, 0.25) is 5.91 Å². The summed E-state index contributed by atoms with van der Waals surface area (Å²) in [6.45, 7) is 9.36. The zero-order valence-electron chi connectivity index (χ0n) is 25.4. The molecule has 0 heterocycles. The molecule has 0 saturated heterocycles. The highest BCUT2D eigenvalue weighted by Gasteiger charge is 2.31. The van der Waals surface area contributed by atoms with Gasteiger partial charge in [0.25, 0.3) is 0 Å². The van der Waals surface area contributed by atoms with E-state index in [4.69, 9.17) is 0 Å². The fourth-order valence-corrected chi connectivity index (χ4v) is 4.96. The molecule has 234 valence electrons. The van der Waals surface area contributed by atoms with E-state index in [0.29, 0.717) is 18.3 Å². The monoisotopic (exact) mass is 606 g/mol. The molecule has 0 fully saturated rings. The van der Waals surface area contributed by atoms with E-state index in [0.717, 1.165) is 23.3 Å². The van der Waals surface area contributed by atoms with Gasteiger partial charge in [-0.1, -0.05) is 67.6 Å². The van der Waals surface area contributed by atoms with Crippen molar-refractivity contribution in [1.82, 2.24) is 20.2 Å². The van der Waals surface area contributed by atoms with Crippen LogP contribution in [0.1, 0.15) is 37.5 Å². The molecule has 0 bridgehead atoms. The normalized spacial score (nSPS) is 12.3. The molecule has 0 radical (unpaired) electrons. The van der Waals surface area contributed by atoms with Crippen LogP contribution in [-0.2, 0) is 29.1 Å². The molecule has 0 aliphatic carbocycles. The van der Waals surface area contributed by atoms with Gasteiger partial charge in [-0.2, -0.15) is 0 Å². The second-order valence-corrected chi connectivity index (χ2v) is 11.0. The van der Waals surface area contributed by atoms with E-state index in [2.05, 4.69) is 11.9 Å². The van der Waals surface area contributed by atoms with Gasteiger partial charge in [-0.3, -0.25) is 9.80 Å². The number of aldehydes is 1. The first kappa shape index (κ1) is 33.9. The van der Waals surface area contributed by atoms with Gasteiger partial charge in [-0.15, -0.1) is 0 Å². The van der Waals surface area contributed by atoms with Gasteiger partial charge in [-0.25, -0.2) is 18.6 Å². The van der Waals surface area contributed by atoms with Crippen LogP contribution in [0.4, 0.5) is 13.6 Å². The van der Waals surface area contributed by atoms with Gasteiger partial charge in [0.05, 0.1) is 12.6 Å². The topological polar surface area (TPSA) is 93.2 Å². The number of rotatable bonds is 15. The lowest BCUT2D eigenvalue weighted by atomic mass is 9.99. The van der Waals surface area contributed by atoms with Gasteiger partial charge >= 0.3 is 6.03 Å². The molecule has 3 aromatic carbocycles. The Hall–Kier alpha value is -4.57. The average Bonchev–Trinajstić information content (AvgIpc) is 2.98. The lowest BCUT2D eigenvalue weighted by Gasteiger charge is -2.40. The quantitative estimate of drug-likeness (QED) is 0.136. The third-order valence-electron chi connectivity index (χ3n) is 7.03. The second-order valence-electron chi connectivity index (χ2n) is 11.0. The summed E-state index contributed by atoms with van der Waals surface area (Å²) in [5.74, 6) is -2.26. The Balaban J connectivity index is 1.92. The minimum absolute atomic E-state index is 0.0140. The van der Waals surface area contributed by atoms with Crippen molar-refractivity contribution < 1.29 is 28.3 Å². The highest BCUT2D eigenvalue weighted by molar-refractivity contribution is 5.79. The number of phenolic OH excluding ortho intramolecular Hbond substituents is 1. The first-order chi connectivity index (χ1) is 21.0. The van der Waals surface area contributed by atoms with Crippen molar-refractivity contribution in [2.75, 3.05) is 19.6 Å². The molecule has 3 amide bonds. The first-order valence-electron chi connectivity index (χ1n) is 14.4. The molecule has 0 aliphatic heterocycles. The molecule has 10 heteroatoms. The Labute approximate surface area is 257 Å². The first-order valence-corrected chi connectivity index (χ1v) is 14.4. The van der Waals surface area contributed by atoms with Crippen LogP contribution in [0.3, 0.4) is 0 Å². The fourth-order valence-electron chi connectivity index (χ4n) is 4.96. The Morgan fingerprint density at radius 2 is 1.68 bits per heavy atom. The molecule has 3 rings (SSSR count). The number of urea groups is 1. The van der Waals surface area contributed by atoms with E-state index in [1.165, 1.54) is 28.1 Å². The standard InChI is InChI=1S/C34H40F2N4O4/c1-24(2)21-39(16-17-41)40(34(44)37-20-28-8-6-5-7-9-28)26(4)22-38(23-29-12-13-30(35)19-32(29)36)33(43)25(3)18-27-10-14-31(42)15-11-27/h5-15,17,19,25-26,42H,1,16,18,20-23H2,2-4H3,(H,37,44)/t25-,26?/m0/s1. The van der Waals surface area contributed by atoms with Crippen LogP contribution in [0, 0.1) is 17.6 Å². The molecule has 0 saturated carbocycles. The summed E-state index contributed by atoms with van der Waals surface area (Å²) in [4.78, 5) is 40.7. The predicted octanol–water partition coefficient (Wildman–Crippen LogP) is 5.47. The zero-order chi connectivity index (χ0) is 32.2. The maximum atomic E-state index is 14.8. The maximum absolute atomic E-state index is 14.8. The Morgan fingerprint density at radius 3 is 2.30 bits per heavy atom. The third-order valence-corrected chi connectivity index (χ3v) is 7.03. The number of phenols is 1. The zero-order valence-corrected chi connectivity index (χ0v) is 25.4. The van der Waals surface area contributed by atoms with E-state index in [1.807, 2.05) is 30.3 Å². The molecule has 2 atom stereocenters. The molecule has 8 nitrogen and oxygen atoms in total. The van der Waals surface area contributed by atoms with Crippen molar-refractivity contribution in [1.29, 1.82) is 0 Å². The highest BCUT2D eigenvalue weighted by atomic mass is 19.1. The van der Waals surface area contributed by atoms with Crippen molar-refractivity contribution >= 4 is 18.2 Å². The smallest absolute Gasteiger partial charge is 0.332 e. The summed E-state index contributed by atoms with van der Waals surface area (Å²) in [7, 11) is 0. The number of amides is 3. The van der Waals surface area contributed by atoms with Gasteiger partial charge < -0.3 is 20.1 Å². The maximum Gasteiger partial charge on any atom is 0.332 e. The molecular weight excluding hydrogens is 566 g/mol. The number of aromatic hydroxyl groups is 1. The largest absolute Gasteiger partial charge is 0.508 e. The SMILES string of the molecule is C=C(C)CN(CC=O)N(C(=O)NCc1ccccc1)C(C)CN(Cc1ccc(F)cc1F)C(=O)[C@@H](C)Cc1ccc(O)cc1. The van der Waals surface area contributed by atoms with Gasteiger partial charge in [0.15, 0.2) is 0 Å². The van der Waals surface area contributed by atoms with Crippen molar-refractivity contribution in [3.8, 4) is 5.75 Å². The van der Waals surface area contributed by atoms with Crippen LogP contribution in [0.15, 0.2) is 84.9 Å². The minimum Gasteiger partial charge on any atom is -0.508 e. The van der Waals surface area contributed by atoms with Gasteiger partial charge in [0, 0.05) is 43.7 Å². The third kappa shape index (κ3) is 10.0. The Bertz CT molecular complexity index is 1420. The number of nitrogens with one attached hydrogen (secondary N) is 1. The predicted molar refractivity (Wildman–Crippen MR) is 165 cm³/mol. The lowest BCUT2D eigenvalue weighted by Crippen LogP contribution is -2.58. The number of hydrazine groups is 1. The lowest BCUT2D eigenvalue weighted by molar-refractivity contribution is -0.137. The summed E-state index contributed by atoms with van der Waals surface area (Å²) >= 11 is 0. The van der Waals surface area contributed by atoms with Crippen LogP contribution in [0.25, 0.3) is 0 Å². The average molecular weight is 607 g/mol. The molecule has 2 N–H and O–H groups in total. The van der Waals surface area contributed by atoms with E-state index >= 15 is 0 Å². The summed E-state index contributed by atoms with van der Waals surface area (Å²) in [5, 5.41) is 15.5. The highest BCUT2D eigenvalue weighted by Crippen LogP contribution is 2.20. The molecule has 1 unspecified atom stereocenters. The Morgan fingerprint density at radius 1 is 1.00 bits per heavy atom. The number of hydrogen-bond acceptors (Lipinski definition) is 5. The van der Waals surface area contributed by atoms with Crippen LogP contribution in [-0.4, -0.2) is 63.9 Å². The van der Waals surface area contributed by atoms with Crippen molar-refractivity contribution in [3.05, 3.63) is 113 Å². The van der Waals surface area contributed by atoms with Crippen molar-refractivity contribution in [2.45, 2.75) is 46.3 Å². The molecule has 0 aromatic heterocycles.